The average Bonchev–Trinajstić information content (AvgIpc) is 3.17. The van der Waals surface area contributed by atoms with Gasteiger partial charge in [0.15, 0.2) is 16.3 Å². The average molecular weight is 505 g/mol. The molecule has 2 aromatic carbocycles. The van der Waals surface area contributed by atoms with Gasteiger partial charge in [0.25, 0.3) is 5.56 Å². The smallest absolute Gasteiger partial charge is 0.338 e. The second kappa shape index (κ2) is 10.8. The van der Waals surface area contributed by atoms with Gasteiger partial charge in [-0.2, -0.15) is 0 Å². The summed E-state index contributed by atoms with van der Waals surface area (Å²) >= 11 is 1.28. The Bertz CT molecular complexity index is 1510. The highest BCUT2D eigenvalue weighted by Crippen LogP contribution is 2.31. The Balaban J connectivity index is 1.87. The van der Waals surface area contributed by atoms with E-state index in [9.17, 15) is 9.59 Å². The number of methoxy groups -OCH3 is 1. The van der Waals surface area contributed by atoms with E-state index in [1.165, 1.54) is 11.3 Å². The van der Waals surface area contributed by atoms with Crippen molar-refractivity contribution in [2.24, 2.45) is 4.99 Å². The summed E-state index contributed by atoms with van der Waals surface area (Å²) in [4.78, 5) is 31.8. The number of hydrogen-bond donors (Lipinski definition) is 0. The third-order valence-electron chi connectivity index (χ3n) is 5.75. The van der Waals surface area contributed by atoms with E-state index in [0.29, 0.717) is 38.7 Å². The lowest BCUT2D eigenvalue weighted by molar-refractivity contribution is -0.139. The number of esters is 1. The molecular weight excluding hydrogens is 476 g/mol. The maximum atomic E-state index is 13.7. The van der Waals surface area contributed by atoms with Crippen molar-refractivity contribution in [3.05, 3.63) is 103 Å². The Labute approximate surface area is 213 Å². The van der Waals surface area contributed by atoms with E-state index >= 15 is 0 Å². The van der Waals surface area contributed by atoms with Gasteiger partial charge >= 0.3 is 5.97 Å². The molecule has 0 saturated heterocycles. The number of fused-ring (bicyclic) bond motifs is 1. The molecule has 1 aliphatic rings. The summed E-state index contributed by atoms with van der Waals surface area (Å²) in [6, 6.07) is 12.6. The van der Waals surface area contributed by atoms with Crippen LogP contribution in [0.15, 0.2) is 76.2 Å². The van der Waals surface area contributed by atoms with Crippen LogP contribution in [0.1, 0.15) is 36.6 Å². The minimum atomic E-state index is -0.632. The minimum absolute atomic E-state index is 0.231. The molecule has 1 unspecified atom stereocenters. The highest BCUT2D eigenvalue weighted by atomic mass is 32.1. The van der Waals surface area contributed by atoms with Crippen molar-refractivity contribution in [1.29, 1.82) is 0 Å². The molecule has 0 saturated carbocycles. The molecule has 8 heteroatoms. The largest absolute Gasteiger partial charge is 0.493 e. The van der Waals surface area contributed by atoms with Crippen LogP contribution in [0.25, 0.3) is 6.08 Å². The number of benzene rings is 2. The monoisotopic (exact) mass is 504 g/mol. The lowest BCUT2D eigenvalue weighted by Gasteiger charge is -2.24. The number of aryl methyl sites for hydroxylation is 1. The number of nitrogens with zero attached hydrogens (tertiary/aromatic N) is 2. The molecule has 1 atom stereocenters. The number of ether oxygens (including phenoxy) is 3. The Morgan fingerprint density at radius 1 is 1.17 bits per heavy atom. The number of hydrogen-bond acceptors (Lipinski definition) is 7. The van der Waals surface area contributed by atoms with Crippen molar-refractivity contribution in [3.63, 3.8) is 0 Å². The molecule has 0 amide bonds. The van der Waals surface area contributed by atoms with E-state index in [4.69, 9.17) is 14.2 Å². The molecular formula is C28H28N2O5S. The fourth-order valence-electron chi connectivity index (χ4n) is 4.05. The van der Waals surface area contributed by atoms with Crippen molar-refractivity contribution in [3.8, 4) is 11.5 Å². The molecule has 4 rings (SSSR count). The Morgan fingerprint density at radius 3 is 2.58 bits per heavy atom. The highest BCUT2D eigenvalue weighted by molar-refractivity contribution is 7.07. The summed E-state index contributed by atoms with van der Waals surface area (Å²) in [6.45, 7) is 9.77. The number of thiazole rings is 1. The maximum absolute atomic E-state index is 13.7. The van der Waals surface area contributed by atoms with Crippen LogP contribution in [0.2, 0.25) is 0 Å². The maximum Gasteiger partial charge on any atom is 0.338 e. The topological polar surface area (TPSA) is 79.1 Å². The van der Waals surface area contributed by atoms with Crippen LogP contribution >= 0.6 is 11.3 Å². The van der Waals surface area contributed by atoms with Crippen LogP contribution in [0.4, 0.5) is 0 Å². The highest BCUT2D eigenvalue weighted by Gasteiger charge is 2.33. The molecule has 2 heterocycles. The zero-order valence-electron chi connectivity index (χ0n) is 20.7. The zero-order chi connectivity index (χ0) is 25.8. The lowest BCUT2D eigenvalue weighted by atomic mass is 9.95. The molecule has 0 bridgehead atoms. The number of carbonyl (C=O) groups is 1. The SMILES string of the molecule is C=CCOc1ccc(/C=c2\sc3n(c2=O)C(c2ccc(C)cc2)C(C(=O)OCC)=C(C)N=3)cc1OC. The molecule has 1 aromatic heterocycles. The second-order valence-corrected chi connectivity index (χ2v) is 9.23. The van der Waals surface area contributed by atoms with Crippen molar-refractivity contribution in [2.75, 3.05) is 20.3 Å². The standard InChI is InChI=1S/C28H28N2O5S/c1-6-14-35-21-13-10-19(15-22(21)33-5)16-23-26(31)30-25(20-11-8-17(3)9-12-20)24(27(32)34-7-2)18(4)29-28(30)36-23/h6,8-13,15-16,25H,1,7,14H2,2-5H3/b23-16-. The fourth-order valence-corrected chi connectivity index (χ4v) is 5.10. The van der Waals surface area contributed by atoms with Gasteiger partial charge in [0.1, 0.15) is 6.61 Å². The number of carbonyl (C=O) groups excluding carboxylic acids is 1. The molecule has 0 spiro atoms. The number of aromatic nitrogens is 1. The van der Waals surface area contributed by atoms with Gasteiger partial charge in [-0.25, -0.2) is 9.79 Å². The van der Waals surface area contributed by atoms with Gasteiger partial charge in [0.2, 0.25) is 0 Å². The van der Waals surface area contributed by atoms with Crippen molar-refractivity contribution in [2.45, 2.75) is 26.8 Å². The van der Waals surface area contributed by atoms with Crippen LogP contribution in [-0.2, 0) is 9.53 Å². The summed E-state index contributed by atoms with van der Waals surface area (Å²) < 4.78 is 18.5. The molecule has 36 heavy (non-hydrogen) atoms. The van der Waals surface area contributed by atoms with Gasteiger partial charge in [-0.05, 0) is 50.1 Å². The molecule has 0 N–H and O–H groups in total. The number of rotatable bonds is 8. The predicted molar refractivity (Wildman–Crippen MR) is 140 cm³/mol. The van der Waals surface area contributed by atoms with E-state index in [1.54, 1.807) is 43.7 Å². The van der Waals surface area contributed by atoms with Gasteiger partial charge < -0.3 is 14.2 Å². The first kappa shape index (κ1) is 25.2. The van der Waals surface area contributed by atoms with Crippen molar-refractivity contribution in [1.82, 2.24) is 4.57 Å². The van der Waals surface area contributed by atoms with Crippen LogP contribution in [0, 0.1) is 6.92 Å². The first-order valence-corrected chi connectivity index (χ1v) is 12.4. The van der Waals surface area contributed by atoms with Crippen LogP contribution in [0.5, 0.6) is 11.5 Å². The summed E-state index contributed by atoms with van der Waals surface area (Å²) in [5.74, 6) is 0.667. The van der Waals surface area contributed by atoms with Crippen LogP contribution in [0.3, 0.4) is 0 Å². The van der Waals surface area contributed by atoms with E-state index in [1.807, 2.05) is 43.3 Å². The summed E-state index contributed by atoms with van der Waals surface area (Å²) in [5, 5.41) is 0. The lowest BCUT2D eigenvalue weighted by Crippen LogP contribution is -2.39. The van der Waals surface area contributed by atoms with E-state index in [-0.39, 0.29) is 12.2 Å². The molecule has 0 radical (unpaired) electrons. The van der Waals surface area contributed by atoms with E-state index in [0.717, 1.165) is 16.7 Å². The van der Waals surface area contributed by atoms with Gasteiger partial charge in [-0.3, -0.25) is 9.36 Å². The van der Waals surface area contributed by atoms with Crippen molar-refractivity contribution < 1.29 is 19.0 Å². The summed E-state index contributed by atoms with van der Waals surface area (Å²) in [7, 11) is 1.56. The summed E-state index contributed by atoms with van der Waals surface area (Å²) in [5.41, 5.74) is 3.35. The zero-order valence-corrected chi connectivity index (χ0v) is 21.6. The first-order valence-electron chi connectivity index (χ1n) is 11.6. The van der Waals surface area contributed by atoms with Gasteiger partial charge in [-0.1, -0.05) is 59.9 Å². The first-order chi connectivity index (χ1) is 17.4. The summed E-state index contributed by atoms with van der Waals surface area (Å²) in [6.07, 6.45) is 3.45. The van der Waals surface area contributed by atoms with Gasteiger partial charge in [-0.15, -0.1) is 0 Å². The Kier molecular flexibility index (Phi) is 7.55. The quantitative estimate of drug-likeness (QED) is 0.345. The van der Waals surface area contributed by atoms with Crippen LogP contribution < -0.4 is 24.4 Å². The fraction of sp³-hybridized carbons (Fsp3) is 0.250. The third-order valence-corrected chi connectivity index (χ3v) is 6.74. The number of allylic oxidation sites excluding steroid dienone is 1. The molecule has 186 valence electrons. The molecule has 0 aliphatic carbocycles. The van der Waals surface area contributed by atoms with Crippen LogP contribution in [-0.4, -0.2) is 30.9 Å². The minimum Gasteiger partial charge on any atom is -0.493 e. The normalized spacial score (nSPS) is 15.2. The Hall–Kier alpha value is -3.91. The molecule has 1 aliphatic heterocycles. The molecule has 0 fully saturated rings. The van der Waals surface area contributed by atoms with Gasteiger partial charge in [0.05, 0.1) is 35.6 Å². The second-order valence-electron chi connectivity index (χ2n) is 8.22. The third kappa shape index (κ3) is 4.90. The van der Waals surface area contributed by atoms with E-state index in [2.05, 4.69) is 11.6 Å². The predicted octanol–water partition coefficient (Wildman–Crippen LogP) is 3.68. The van der Waals surface area contributed by atoms with Crippen molar-refractivity contribution >= 4 is 23.4 Å². The van der Waals surface area contributed by atoms with E-state index < -0.39 is 12.0 Å². The molecule has 7 nitrogen and oxygen atoms in total. The Morgan fingerprint density at radius 2 is 1.92 bits per heavy atom. The van der Waals surface area contributed by atoms with Gasteiger partial charge in [0, 0.05) is 0 Å². The molecule has 3 aromatic rings.